The molecule has 3 rings (SSSR count). The number of hydrogen-bond acceptors (Lipinski definition) is 5. The maximum atomic E-state index is 11.7. The zero-order valence-corrected chi connectivity index (χ0v) is 15.8. The van der Waals surface area contributed by atoms with E-state index < -0.39 is 0 Å². The largest absolute Gasteiger partial charge is 0.391 e. The van der Waals surface area contributed by atoms with Gasteiger partial charge in [0.1, 0.15) is 0 Å². The predicted molar refractivity (Wildman–Crippen MR) is 107 cm³/mol. The molecule has 1 aromatic heterocycles. The van der Waals surface area contributed by atoms with Gasteiger partial charge in [-0.3, -0.25) is 4.79 Å². The van der Waals surface area contributed by atoms with Crippen LogP contribution in [0.25, 0.3) is 22.3 Å². The van der Waals surface area contributed by atoms with E-state index in [1.165, 1.54) is 0 Å². The summed E-state index contributed by atoms with van der Waals surface area (Å²) in [6.45, 7) is 2.09. The third-order valence-electron chi connectivity index (χ3n) is 4.38. The molecule has 0 aliphatic carbocycles. The van der Waals surface area contributed by atoms with Crippen LogP contribution >= 0.6 is 0 Å². The highest BCUT2D eigenvalue weighted by atomic mass is 16.5. The predicted octanol–water partition coefficient (Wildman–Crippen LogP) is 5.17. The summed E-state index contributed by atoms with van der Waals surface area (Å²) in [6, 6.07) is 17.7. The molecule has 0 atom stereocenters. The molecule has 5 nitrogen and oxygen atoms in total. The second-order valence-electron chi connectivity index (χ2n) is 6.45. The molecule has 0 amide bonds. The number of nitrogens with zero attached hydrogens (tertiary/aromatic N) is 3. The molecule has 1 heterocycles. The first-order valence-electron chi connectivity index (χ1n) is 9.33. The maximum absolute atomic E-state index is 11.7. The quantitative estimate of drug-likeness (QED) is 0.423. The second kappa shape index (κ2) is 9.43. The Morgan fingerprint density at radius 2 is 1.43 bits per heavy atom. The van der Waals surface area contributed by atoms with Gasteiger partial charge in [0.2, 0.25) is 0 Å². The van der Waals surface area contributed by atoms with Crippen molar-refractivity contribution in [2.24, 2.45) is 0 Å². The highest BCUT2D eigenvalue weighted by Crippen LogP contribution is 2.25. The molecule has 0 bridgehead atoms. The van der Waals surface area contributed by atoms with Crippen molar-refractivity contribution in [1.29, 1.82) is 5.26 Å². The monoisotopic (exact) mass is 371 g/mol. The van der Waals surface area contributed by atoms with Gasteiger partial charge in [0.25, 0.3) is 0 Å². The van der Waals surface area contributed by atoms with Gasteiger partial charge in [-0.05, 0) is 35.2 Å². The minimum absolute atomic E-state index is 0.0828. The van der Waals surface area contributed by atoms with E-state index in [0.29, 0.717) is 12.0 Å². The molecule has 0 saturated carbocycles. The van der Waals surface area contributed by atoms with E-state index in [2.05, 4.69) is 23.0 Å². The maximum Gasteiger partial charge on any atom is 0.324 e. The number of aromatic nitrogens is 2. The molecule has 0 spiro atoms. The molecule has 0 aliphatic rings. The molecule has 3 aromatic rings. The lowest BCUT2D eigenvalue weighted by Gasteiger charge is -2.06. The van der Waals surface area contributed by atoms with Gasteiger partial charge in [-0.25, -0.2) is 9.97 Å². The lowest BCUT2D eigenvalue weighted by atomic mass is 10.0. The Bertz CT molecular complexity index is 957. The number of carbonyl (C=O) groups excluding carboxylic acids is 1. The van der Waals surface area contributed by atoms with Gasteiger partial charge in [-0.15, -0.1) is 0 Å². The molecule has 2 aromatic carbocycles. The van der Waals surface area contributed by atoms with Gasteiger partial charge >= 0.3 is 12.0 Å². The van der Waals surface area contributed by atoms with Crippen molar-refractivity contribution in [3.63, 3.8) is 0 Å². The minimum Gasteiger partial charge on any atom is -0.391 e. The Labute approximate surface area is 164 Å². The fourth-order valence-corrected chi connectivity index (χ4v) is 2.78. The summed E-state index contributed by atoms with van der Waals surface area (Å²) in [7, 11) is 0. The van der Waals surface area contributed by atoms with Crippen LogP contribution < -0.4 is 4.74 Å². The summed E-state index contributed by atoms with van der Waals surface area (Å²) >= 11 is 0. The highest BCUT2D eigenvalue weighted by Gasteiger charge is 2.08. The van der Waals surface area contributed by atoms with Crippen molar-refractivity contribution in [3.8, 4) is 34.3 Å². The zero-order valence-electron chi connectivity index (χ0n) is 15.8. The molecule has 0 saturated heterocycles. The first-order chi connectivity index (χ1) is 13.7. The Balaban J connectivity index is 1.65. The van der Waals surface area contributed by atoms with Crippen LogP contribution in [0.1, 0.15) is 38.2 Å². The molecule has 0 unspecified atom stereocenters. The van der Waals surface area contributed by atoms with E-state index in [1.54, 1.807) is 24.5 Å². The average Bonchev–Trinajstić information content (AvgIpc) is 2.75. The van der Waals surface area contributed by atoms with Crippen LogP contribution in [0.2, 0.25) is 0 Å². The molecular weight excluding hydrogens is 350 g/mol. The summed E-state index contributed by atoms with van der Waals surface area (Å²) in [5.41, 5.74) is 4.57. The smallest absolute Gasteiger partial charge is 0.324 e. The molecule has 0 N–H and O–H groups in total. The van der Waals surface area contributed by atoms with E-state index in [1.807, 2.05) is 36.4 Å². The molecular formula is C23H21N3O2. The Hall–Kier alpha value is -3.52. The number of esters is 1. The van der Waals surface area contributed by atoms with E-state index in [-0.39, 0.29) is 12.0 Å². The normalized spacial score (nSPS) is 10.3. The third-order valence-corrected chi connectivity index (χ3v) is 4.38. The number of ether oxygens (including phenoxy) is 1. The number of carbonyl (C=O) groups is 1. The van der Waals surface area contributed by atoms with Crippen LogP contribution in [0.15, 0.2) is 60.9 Å². The molecule has 5 heteroatoms. The summed E-state index contributed by atoms with van der Waals surface area (Å²) in [4.78, 5) is 20.0. The van der Waals surface area contributed by atoms with Crippen molar-refractivity contribution in [3.05, 3.63) is 66.5 Å². The van der Waals surface area contributed by atoms with Crippen LogP contribution in [-0.4, -0.2) is 15.9 Å². The number of hydrogen-bond donors (Lipinski definition) is 0. The van der Waals surface area contributed by atoms with Crippen molar-refractivity contribution < 1.29 is 9.53 Å². The SMILES string of the molecule is CCCCCC(=O)Oc1ncc(-c2ccc(-c3ccc(C#N)cc3)cc2)cn1. The Kier molecular flexibility index (Phi) is 6.48. The van der Waals surface area contributed by atoms with E-state index in [9.17, 15) is 4.79 Å². The Morgan fingerprint density at radius 3 is 1.96 bits per heavy atom. The number of unbranched alkanes of at least 4 members (excludes halogenated alkanes) is 2. The average molecular weight is 371 g/mol. The number of rotatable bonds is 7. The van der Waals surface area contributed by atoms with Crippen LogP contribution in [0.3, 0.4) is 0 Å². The van der Waals surface area contributed by atoms with Crippen LogP contribution in [-0.2, 0) is 4.79 Å². The molecule has 0 radical (unpaired) electrons. The highest BCUT2D eigenvalue weighted by molar-refractivity contribution is 5.72. The van der Waals surface area contributed by atoms with E-state index in [4.69, 9.17) is 10.00 Å². The number of benzene rings is 2. The Morgan fingerprint density at radius 1 is 0.893 bits per heavy atom. The summed E-state index contributed by atoms with van der Waals surface area (Å²) < 4.78 is 5.16. The lowest BCUT2D eigenvalue weighted by molar-refractivity contribution is -0.135. The first kappa shape index (κ1) is 19.2. The summed E-state index contributed by atoms with van der Waals surface area (Å²) in [5.74, 6) is -0.298. The van der Waals surface area contributed by atoms with Crippen LogP contribution in [0.5, 0.6) is 6.01 Å². The van der Waals surface area contributed by atoms with Crippen LogP contribution in [0, 0.1) is 11.3 Å². The topological polar surface area (TPSA) is 75.9 Å². The van der Waals surface area contributed by atoms with Gasteiger partial charge in [-0.2, -0.15) is 5.26 Å². The fraction of sp³-hybridized carbons (Fsp3) is 0.217. The summed E-state index contributed by atoms with van der Waals surface area (Å²) in [5, 5.41) is 8.89. The van der Waals surface area contributed by atoms with Crippen molar-refractivity contribution >= 4 is 5.97 Å². The molecule has 28 heavy (non-hydrogen) atoms. The van der Waals surface area contributed by atoms with Crippen LogP contribution in [0.4, 0.5) is 0 Å². The first-order valence-corrected chi connectivity index (χ1v) is 9.33. The zero-order chi connectivity index (χ0) is 19.8. The third kappa shape index (κ3) is 5.01. The number of nitriles is 1. The standard InChI is InChI=1S/C23H21N3O2/c1-2-3-4-5-22(27)28-23-25-15-21(16-26-23)20-12-10-19(11-13-20)18-8-6-17(14-24)7-9-18/h6-13,15-16H,2-5H2,1H3. The van der Waals surface area contributed by atoms with Crippen molar-refractivity contribution in [2.45, 2.75) is 32.6 Å². The van der Waals surface area contributed by atoms with Gasteiger partial charge in [0, 0.05) is 24.4 Å². The van der Waals surface area contributed by atoms with E-state index in [0.717, 1.165) is 41.5 Å². The molecule has 0 fully saturated rings. The minimum atomic E-state index is -0.298. The second-order valence-corrected chi connectivity index (χ2v) is 6.45. The van der Waals surface area contributed by atoms with E-state index >= 15 is 0 Å². The van der Waals surface area contributed by atoms with Gasteiger partial charge < -0.3 is 4.74 Å². The van der Waals surface area contributed by atoms with Crippen molar-refractivity contribution in [2.75, 3.05) is 0 Å². The molecule has 140 valence electrons. The fourth-order valence-electron chi connectivity index (χ4n) is 2.78. The van der Waals surface area contributed by atoms with Gasteiger partial charge in [0.15, 0.2) is 0 Å². The van der Waals surface area contributed by atoms with Gasteiger partial charge in [0.05, 0.1) is 11.6 Å². The lowest BCUT2D eigenvalue weighted by Crippen LogP contribution is -2.09. The molecule has 0 aliphatic heterocycles. The van der Waals surface area contributed by atoms with Crippen molar-refractivity contribution in [1.82, 2.24) is 9.97 Å². The van der Waals surface area contributed by atoms with Gasteiger partial charge in [-0.1, -0.05) is 56.2 Å². The summed E-state index contributed by atoms with van der Waals surface area (Å²) in [6.07, 6.45) is 6.57.